The summed E-state index contributed by atoms with van der Waals surface area (Å²) in [6.45, 7) is 0.198. The number of hydrogen-bond donors (Lipinski definition) is 1. The number of sulfonamides is 1. The quantitative estimate of drug-likeness (QED) is 0.545. The zero-order valence-corrected chi connectivity index (χ0v) is 16.2. The molecule has 7 heteroatoms. The molecule has 1 unspecified atom stereocenters. The Morgan fingerprint density at radius 2 is 1.54 bits per heavy atom. The van der Waals surface area contributed by atoms with Gasteiger partial charge in [-0.05, 0) is 24.3 Å². The molecule has 1 atom stereocenters. The lowest BCUT2D eigenvalue weighted by molar-refractivity contribution is 0.166. The number of pyridine rings is 1. The molecule has 2 aromatic carbocycles. The van der Waals surface area contributed by atoms with E-state index in [2.05, 4.69) is 17.1 Å². The van der Waals surface area contributed by atoms with Crippen LogP contribution < -0.4 is 4.31 Å². The normalized spacial score (nSPS) is 13.1. The summed E-state index contributed by atoms with van der Waals surface area (Å²) in [6, 6.07) is 21.1. The van der Waals surface area contributed by atoms with Gasteiger partial charge in [-0.25, -0.2) is 13.4 Å². The molecule has 0 aliphatic carbocycles. The first-order chi connectivity index (χ1) is 13.4. The van der Waals surface area contributed by atoms with E-state index in [0.717, 1.165) is 32.4 Å². The van der Waals surface area contributed by atoms with Crippen LogP contribution in [0.3, 0.4) is 0 Å². The molecule has 4 rings (SSSR count). The molecule has 0 saturated heterocycles. The molecule has 1 N–H and O–H groups in total. The van der Waals surface area contributed by atoms with Gasteiger partial charge in [-0.2, -0.15) is 0 Å². The molecule has 144 valence electrons. The fourth-order valence-electron chi connectivity index (χ4n) is 3.56. The van der Waals surface area contributed by atoms with Gasteiger partial charge in [0.05, 0.1) is 25.4 Å². The average molecular weight is 395 g/mol. The second kappa shape index (κ2) is 7.26. The van der Waals surface area contributed by atoms with Crippen LogP contribution in [0.25, 0.3) is 21.8 Å². The monoisotopic (exact) mass is 395 g/mol. The lowest BCUT2D eigenvalue weighted by atomic mass is 10.2. The molecule has 28 heavy (non-hydrogen) atoms. The molecule has 0 amide bonds. The second-order valence-electron chi connectivity index (χ2n) is 6.78. The minimum atomic E-state index is -3.58. The lowest BCUT2D eigenvalue weighted by Gasteiger charge is -2.24. The third-order valence-corrected chi connectivity index (χ3v) is 5.89. The standard InChI is InChI=1S/C21H21N3O3S/c1-28(26,27)24(21-12-6-7-13-22-21)15-16(25)14-23-19-10-4-2-8-17(19)18-9-3-5-11-20(18)23/h2-13,16,25H,14-15H2,1H3. The zero-order chi connectivity index (χ0) is 19.7. The van der Waals surface area contributed by atoms with E-state index in [1.807, 2.05) is 41.0 Å². The van der Waals surface area contributed by atoms with Crippen LogP contribution in [0.4, 0.5) is 5.82 Å². The highest BCUT2D eigenvalue weighted by molar-refractivity contribution is 7.92. The Hall–Kier alpha value is -2.90. The van der Waals surface area contributed by atoms with Crippen LogP contribution in [0.15, 0.2) is 72.9 Å². The van der Waals surface area contributed by atoms with Gasteiger partial charge < -0.3 is 9.67 Å². The van der Waals surface area contributed by atoms with Crippen LogP contribution in [0.1, 0.15) is 0 Å². The number of anilines is 1. The van der Waals surface area contributed by atoms with Crippen molar-refractivity contribution in [3.05, 3.63) is 72.9 Å². The number of aliphatic hydroxyl groups is 1. The Morgan fingerprint density at radius 3 is 2.07 bits per heavy atom. The van der Waals surface area contributed by atoms with Gasteiger partial charge in [0.25, 0.3) is 0 Å². The van der Waals surface area contributed by atoms with Gasteiger partial charge in [0, 0.05) is 28.0 Å². The third kappa shape index (κ3) is 3.46. The number of aliphatic hydroxyl groups excluding tert-OH is 1. The fourth-order valence-corrected chi connectivity index (χ4v) is 4.45. The molecule has 2 aromatic heterocycles. The fraction of sp³-hybridized carbons (Fsp3) is 0.190. The smallest absolute Gasteiger partial charge is 0.233 e. The van der Waals surface area contributed by atoms with Gasteiger partial charge in [0.15, 0.2) is 0 Å². The zero-order valence-electron chi connectivity index (χ0n) is 15.4. The summed E-state index contributed by atoms with van der Waals surface area (Å²) in [5.74, 6) is 0.297. The molecule has 0 fully saturated rings. The van der Waals surface area contributed by atoms with Crippen molar-refractivity contribution in [2.75, 3.05) is 17.1 Å². The molecule has 6 nitrogen and oxygen atoms in total. The Bertz CT molecular complexity index is 1170. The van der Waals surface area contributed by atoms with E-state index in [1.165, 1.54) is 6.20 Å². The van der Waals surface area contributed by atoms with E-state index in [-0.39, 0.29) is 13.1 Å². The highest BCUT2D eigenvalue weighted by Crippen LogP contribution is 2.29. The van der Waals surface area contributed by atoms with E-state index < -0.39 is 16.1 Å². The lowest BCUT2D eigenvalue weighted by Crippen LogP contribution is -2.39. The molecular formula is C21H21N3O3S. The molecule has 0 saturated carbocycles. The summed E-state index contributed by atoms with van der Waals surface area (Å²) < 4.78 is 27.7. The van der Waals surface area contributed by atoms with E-state index in [9.17, 15) is 13.5 Å². The summed E-state index contributed by atoms with van der Waals surface area (Å²) in [5, 5.41) is 13.0. The summed E-state index contributed by atoms with van der Waals surface area (Å²) in [7, 11) is -3.58. The van der Waals surface area contributed by atoms with Crippen LogP contribution in [0.2, 0.25) is 0 Å². The number of nitrogens with zero attached hydrogens (tertiary/aromatic N) is 3. The maximum absolute atomic E-state index is 12.3. The van der Waals surface area contributed by atoms with Crippen molar-refractivity contribution in [2.45, 2.75) is 12.6 Å². The number of benzene rings is 2. The average Bonchev–Trinajstić information content (AvgIpc) is 3.00. The minimum Gasteiger partial charge on any atom is -0.389 e. The summed E-state index contributed by atoms with van der Waals surface area (Å²) in [5.41, 5.74) is 2.01. The molecule has 0 aliphatic rings. The maximum Gasteiger partial charge on any atom is 0.233 e. The van der Waals surface area contributed by atoms with E-state index in [0.29, 0.717) is 5.82 Å². The Labute approximate surface area is 163 Å². The predicted octanol–water partition coefficient (Wildman–Crippen LogP) is 3.02. The SMILES string of the molecule is CS(=O)(=O)N(CC(O)Cn1c2ccccc2c2ccccc21)c1ccccn1. The van der Waals surface area contributed by atoms with Crippen LogP contribution in [-0.2, 0) is 16.6 Å². The number of rotatable bonds is 6. The van der Waals surface area contributed by atoms with E-state index in [4.69, 9.17) is 0 Å². The molecule has 0 aliphatic heterocycles. The van der Waals surface area contributed by atoms with Crippen LogP contribution in [0.5, 0.6) is 0 Å². The first-order valence-corrected chi connectivity index (χ1v) is 10.8. The highest BCUT2D eigenvalue weighted by Gasteiger charge is 2.23. The molecule has 2 heterocycles. The van der Waals surface area contributed by atoms with Gasteiger partial charge in [-0.3, -0.25) is 4.31 Å². The van der Waals surface area contributed by atoms with E-state index in [1.54, 1.807) is 18.2 Å². The van der Waals surface area contributed by atoms with Gasteiger partial charge in [-0.1, -0.05) is 42.5 Å². The van der Waals surface area contributed by atoms with Crippen LogP contribution in [-0.4, -0.2) is 42.0 Å². The maximum atomic E-state index is 12.3. The Morgan fingerprint density at radius 1 is 0.964 bits per heavy atom. The molecular weight excluding hydrogens is 374 g/mol. The number of fused-ring (bicyclic) bond motifs is 3. The molecule has 4 aromatic rings. The second-order valence-corrected chi connectivity index (χ2v) is 8.69. The Kier molecular flexibility index (Phi) is 4.78. The van der Waals surface area contributed by atoms with Crippen molar-refractivity contribution >= 4 is 37.6 Å². The van der Waals surface area contributed by atoms with Crippen molar-refractivity contribution in [3.8, 4) is 0 Å². The van der Waals surface area contributed by atoms with Crippen LogP contribution >= 0.6 is 0 Å². The topological polar surface area (TPSA) is 75.4 Å². The number of aromatic nitrogens is 2. The van der Waals surface area contributed by atoms with Gasteiger partial charge in [0.2, 0.25) is 10.0 Å². The first kappa shape index (κ1) is 18.5. The third-order valence-electron chi connectivity index (χ3n) is 4.75. The van der Waals surface area contributed by atoms with Crippen molar-refractivity contribution < 1.29 is 13.5 Å². The minimum absolute atomic E-state index is 0.0727. The largest absolute Gasteiger partial charge is 0.389 e. The van der Waals surface area contributed by atoms with Gasteiger partial charge >= 0.3 is 0 Å². The summed E-state index contributed by atoms with van der Waals surface area (Å²) >= 11 is 0. The summed E-state index contributed by atoms with van der Waals surface area (Å²) in [6.07, 6.45) is 1.75. The number of para-hydroxylation sites is 2. The van der Waals surface area contributed by atoms with Gasteiger partial charge in [0.1, 0.15) is 5.82 Å². The summed E-state index contributed by atoms with van der Waals surface area (Å²) in [4.78, 5) is 4.12. The van der Waals surface area contributed by atoms with Crippen LogP contribution in [0, 0.1) is 0 Å². The van der Waals surface area contributed by atoms with Crippen molar-refractivity contribution in [3.63, 3.8) is 0 Å². The molecule has 0 radical (unpaired) electrons. The first-order valence-electron chi connectivity index (χ1n) is 8.98. The van der Waals surface area contributed by atoms with E-state index >= 15 is 0 Å². The predicted molar refractivity (Wildman–Crippen MR) is 112 cm³/mol. The Balaban J connectivity index is 1.69. The number of hydrogen-bond acceptors (Lipinski definition) is 4. The van der Waals surface area contributed by atoms with Gasteiger partial charge in [-0.15, -0.1) is 0 Å². The molecule has 0 spiro atoms. The molecule has 0 bridgehead atoms. The van der Waals surface area contributed by atoms with Crippen molar-refractivity contribution in [2.24, 2.45) is 0 Å². The highest BCUT2D eigenvalue weighted by atomic mass is 32.2. The van der Waals surface area contributed by atoms with Crippen molar-refractivity contribution in [1.29, 1.82) is 0 Å². The van der Waals surface area contributed by atoms with Crippen molar-refractivity contribution in [1.82, 2.24) is 9.55 Å².